The molecule has 0 aromatic rings. The molecule has 0 bridgehead atoms. The Bertz CT molecular complexity index is 925. The van der Waals surface area contributed by atoms with Crippen LogP contribution < -0.4 is 0 Å². The summed E-state index contributed by atoms with van der Waals surface area (Å²) in [6, 6.07) is 0. The molecule has 2 unspecified atom stereocenters. The van der Waals surface area contributed by atoms with Crippen molar-refractivity contribution >= 4 is 17.9 Å². The summed E-state index contributed by atoms with van der Waals surface area (Å²) in [6.45, 7) is 6.97. The van der Waals surface area contributed by atoms with Gasteiger partial charge in [0.2, 0.25) is 11.9 Å². The Kier molecular flexibility index (Phi) is 2.97. The molecule has 0 aromatic carbocycles. The number of rotatable bonds is 0. The minimum atomic E-state index is -2.12. The molecule has 6 aliphatic rings. The summed E-state index contributed by atoms with van der Waals surface area (Å²) >= 11 is 0. The third-order valence-electron chi connectivity index (χ3n) is 8.91. The molecule has 164 valence electrons. The van der Waals surface area contributed by atoms with Gasteiger partial charge in [0.1, 0.15) is 12.2 Å². The van der Waals surface area contributed by atoms with Crippen LogP contribution >= 0.6 is 0 Å². The molecule has 10 nitrogen and oxygen atoms in total. The van der Waals surface area contributed by atoms with Crippen LogP contribution in [0.4, 0.5) is 0 Å². The first-order chi connectivity index (χ1) is 13.8. The van der Waals surface area contributed by atoms with E-state index in [1.54, 1.807) is 0 Å². The van der Waals surface area contributed by atoms with Crippen molar-refractivity contribution in [3.05, 3.63) is 0 Å². The fourth-order valence-corrected chi connectivity index (χ4v) is 8.22. The first kappa shape index (κ1) is 19.0. The average Bonchev–Trinajstić information content (AvgIpc) is 3.32. The zero-order valence-corrected chi connectivity index (χ0v) is 16.9. The molecule has 10 heteroatoms. The second-order valence-electron chi connectivity index (χ2n) is 10.7. The van der Waals surface area contributed by atoms with Gasteiger partial charge in [0.15, 0.2) is 11.7 Å². The van der Waals surface area contributed by atoms with Crippen LogP contribution in [0.25, 0.3) is 0 Å². The van der Waals surface area contributed by atoms with Crippen molar-refractivity contribution in [1.29, 1.82) is 0 Å². The van der Waals surface area contributed by atoms with Crippen LogP contribution in [0.3, 0.4) is 0 Å². The van der Waals surface area contributed by atoms with Gasteiger partial charge in [0, 0.05) is 12.3 Å². The molecule has 30 heavy (non-hydrogen) atoms. The number of carbonyl (C=O) groups is 3. The highest BCUT2D eigenvalue weighted by atomic mass is 16.8. The van der Waals surface area contributed by atoms with E-state index in [9.17, 15) is 29.7 Å². The highest BCUT2D eigenvalue weighted by Crippen LogP contribution is 2.84. The summed E-state index contributed by atoms with van der Waals surface area (Å²) < 4.78 is 22.6. The number of hydrogen-bond donors (Lipinski definition) is 3. The van der Waals surface area contributed by atoms with E-state index in [-0.39, 0.29) is 6.42 Å². The molecular formula is C20H24O10. The van der Waals surface area contributed by atoms with Crippen LogP contribution in [0.1, 0.15) is 34.1 Å². The molecule has 0 amide bonds. The number of aliphatic hydroxyl groups excluding tert-OH is 2. The van der Waals surface area contributed by atoms with Gasteiger partial charge in [-0.15, -0.1) is 0 Å². The Labute approximate surface area is 171 Å². The predicted molar refractivity (Wildman–Crippen MR) is 92.0 cm³/mol. The van der Waals surface area contributed by atoms with E-state index >= 15 is 0 Å². The van der Waals surface area contributed by atoms with Crippen LogP contribution in [-0.4, -0.2) is 75.1 Å². The third-order valence-corrected chi connectivity index (χ3v) is 8.91. The van der Waals surface area contributed by atoms with E-state index in [0.717, 1.165) is 0 Å². The lowest BCUT2D eigenvalue weighted by Gasteiger charge is -2.46. The van der Waals surface area contributed by atoms with E-state index in [2.05, 4.69) is 0 Å². The van der Waals surface area contributed by atoms with Crippen molar-refractivity contribution in [1.82, 2.24) is 0 Å². The van der Waals surface area contributed by atoms with E-state index in [0.29, 0.717) is 0 Å². The predicted octanol–water partition coefficient (Wildman–Crippen LogP) is -1.37. The molecule has 6 fully saturated rings. The van der Waals surface area contributed by atoms with Gasteiger partial charge >= 0.3 is 17.9 Å². The number of carbonyl (C=O) groups excluding carboxylic acids is 3. The first-order valence-corrected chi connectivity index (χ1v) is 10.2. The molecule has 3 N–H and O–H groups in total. The molecule has 4 saturated heterocycles. The minimum absolute atomic E-state index is 0.107. The van der Waals surface area contributed by atoms with E-state index in [1.807, 2.05) is 20.8 Å². The molecule has 2 spiro atoms. The topological polar surface area (TPSA) is 149 Å². The standard InChI is InChI=1S/C20H24O10/c1-6-12(23)27-7-5-17-11-8(21)9(16(2,3)4)18(17)10(22)13(24)29-15(18)30-20(17,14(25)28-11)19(6,7)26/h6-11,15,21-22,26H,5H2,1-4H3/t6-,7+,8-,9+,10+,11-,15+,17+,18?,19-,20?/m1/s1. The molecule has 2 saturated carbocycles. The van der Waals surface area contributed by atoms with Crippen molar-refractivity contribution in [2.45, 2.75) is 76.0 Å². The number of fused-ring (bicyclic) bond motifs is 1. The van der Waals surface area contributed by atoms with E-state index < -0.39 is 87.9 Å². The zero-order valence-electron chi connectivity index (χ0n) is 16.9. The fraction of sp³-hybridized carbons (Fsp3) is 0.850. The van der Waals surface area contributed by atoms with Gasteiger partial charge in [-0.05, 0) is 12.3 Å². The summed E-state index contributed by atoms with van der Waals surface area (Å²) in [5.74, 6) is -4.43. The molecule has 11 atom stereocenters. The van der Waals surface area contributed by atoms with Crippen molar-refractivity contribution in [2.75, 3.05) is 0 Å². The van der Waals surface area contributed by atoms with Crippen molar-refractivity contribution in [3.8, 4) is 0 Å². The minimum Gasteiger partial charge on any atom is -0.459 e. The van der Waals surface area contributed by atoms with Gasteiger partial charge in [-0.1, -0.05) is 20.8 Å². The number of aliphatic hydroxyl groups is 3. The summed E-state index contributed by atoms with van der Waals surface area (Å²) in [7, 11) is 0. The third kappa shape index (κ3) is 1.35. The molecule has 0 radical (unpaired) electrons. The van der Waals surface area contributed by atoms with Crippen molar-refractivity contribution in [3.63, 3.8) is 0 Å². The maximum atomic E-state index is 13.4. The highest BCUT2D eigenvalue weighted by Gasteiger charge is 3.02. The first-order valence-electron chi connectivity index (χ1n) is 10.2. The molecule has 2 aliphatic carbocycles. The molecule has 4 heterocycles. The SMILES string of the molecule is C[C@@H]1C(=O)O[C@H]2C[C@@]34[C@@H]5OC(=O)C3(O[C@@H]3OC(=O)[C@H](O)C34[C@H](C(C)(C)C)[C@H]5O)[C@]21O. The Hall–Kier alpha value is -1.75. The lowest BCUT2D eigenvalue weighted by atomic mass is 9.51. The Morgan fingerprint density at radius 3 is 2.33 bits per heavy atom. The second-order valence-corrected chi connectivity index (χ2v) is 10.7. The quantitative estimate of drug-likeness (QED) is 0.314. The summed E-state index contributed by atoms with van der Waals surface area (Å²) in [6.07, 6.45) is -6.73. The van der Waals surface area contributed by atoms with E-state index in [1.165, 1.54) is 6.92 Å². The maximum Gasteiger partial charge on any atom is 0.342 e. The second kappa shape index (κ2) is 4.69. The number of hydrogen-bond acceptors (Lipinski definition) is 10. The van der Waals surface area contributed by atoms with Crippen LogP contribution in [0.5, 0.6) is 0 Å². The lowest BCUT2D eigenvalue weighted by Crippen LogP contribution is -2.66. The molecule has 6 rings (SSSR count). The van der Waals surface area contributed by atoms with Gasteiger partial charge in [-0.3, -0.25) is 4.79 Å². The van der Waals surface area contributed by atoms with Crippen LogP contribution in [-0.2, 0) is 33.3 Å². The smallest absolute Gasteiger partial charge is 0.342 e. The Morgan fingerprint density at radius 1 is 1.03 bits per heavy atom. The maximum absolute atomic E-state index is 13.4. The van der Waals surface area contributed by atoms with Gasteiger partial charge in [0.05, 0.1) is 22.9 Å². The van der Waals surface area contributed by atoms with Crippen molar-refractivity contribution in [2.24, 2.45) is 28.1 Å². The normalized spacial score (nSPS) is 60.1. The van der Waals surface area contributed by atoms with Crippen molar-refractivity contribution < 1.29 is 48.7 Å². The summed E-state index contributed by atoms with van der Waals surface area (Å²) in [5, 5.41) is 34.4. The molecular weight excluding hydrogens is 400 g/mol. The van der Waals surface area contributed by atoms with Crippen LogP contribution in [0.2, 0.25) is 0 Å². The summed E-state index contributed by atoms with van der Waals surface area (Å²) in [4.78, 5) is 38.2. The number of esters is 3. The van der Waals surface area contributed by atoms with Crippen LogP contribution in [0, 0.1) is 28.1 Å². The lowest BCUT2D eigenvalue weighted by molar-refractivity contribution is -0.239. The Balaban J connectivity index is 1.71. The zero-order chi connectivity index (χ0) is 21.8. The fourth-order valence-electron chi connectivity index (χ4n) is 8.22. The van der Waals surface area contributed by atoms with Gasteiger partial charge in [-0.2, -0.15) is 0 Å². The number of ether oxygens (including phenoxy) is 4. The summed E-state index contributed by atoms with van der Waals surface area (Å²) in [5.41, 5.74) is -7.95. The van der Waals surface area contributed by atoms with E-state index in [4.69, 9.17) is 18.9 Å². The van der Waals surface area contributed by atoms with Crippen LogP contribution in [0.15, 0.2) is 0 Å². The average molecular weight is 424 g/mol. The molecule has 0 aromatic heterocycles. The monoisotopic (exact) mass is 424 g/mol. The largest absolute Gasteiger partial charge is 0.459 e. The van der Waals surface area contributed by atoms with Gasteiger partial charge < -0.3 is 34.3 Å². The highest BCUT2D eigenvalue weighted by molar-refractivity contribution is 5.93. The van der Waals surface area contributed by atoms with Gasteiger partial charge in [-0.25, -0.2) is 9.59 Å². The molecule has 4 aliphatic heterocycles. The van der Waals surface area contributed by atoms with Gasteiger partial charge in [0.25, 0.3) is 0 Å². The Morgan fingerprint density at radius 2 is 1.70 bits per heavy atom.